The molecule has 1 heterocycles. The number of methoxy groups -OCH3 is 3. The summed E-state index contributed by atoms with van der Waals surface area (Å²) in [5.41, 5.74) is 1.11. The molecule has 0 aliphatic carbocycles. The normalized spacial score (nSPS) is 22.3. The summed E-state index contributed by atoms with van der Waals surface area (Å²) in [7, 11) is 4.93. The molecule has 1 aliphatic heterocycles. The maximum absolute atomic E-state index is 5.53. The van der Waals surface area contributed by atoms with Crippen LogP contribution in [0.5, 0.6) is 17.2 Å². The number of nitrogens with one attached hydrogen (secondary N) is 1. The van der Waals surface area contributed by atoms with Crippen LogP contribution in [-0.2, 0) is 0 Å². The number of rotatable bonds is 5. The summed E-state index contributed by atoms with van der Waals surface area (Å²) in [5, 5.41) is 3.86. The van der Waals surface area contributed by atoms with Crippen LogP contribution in [0.25, 0.3) is 0 Å². The van der Waals surface area contributed by atoms with Crippen molar-refractivity contribution in [3.63, 3.8) is 0 Å². The van der Waals surface area contributed by atoms with Gasteiger partial charge in [-0.1, -0.05) is 6.92 Å². The van der Waals surface area contributed by atoms with Crippen molar-refractivity contribution in [2.45, 2.75) is 24.8 Å². The Balaban J connectivity index is 2.35. The second-order valence-electron chi connectivity index (χ2n) is 4.41. The predicted octanol–water partition coefficient (Wildman–Crippen LogP) is 2.83. The van der Waals surface area contributed by atoms with Crippen molar-refractivity contribution in [3.05, 3.63) is 17.7 Å². The Morgan fingerprint density at radius 2 is 1.89 bits per heavy atom. The van der Waals surface area contributed by atoms with Crippen LogP contribution in [0.15, 0.2) is 12.1 Å². The van der Waals surface area contributed by atoms with E-state index in [4.69, 9.17) is 14.2 Å². The third kappa shape index (κ3) is 2.77. The molecule has 0 spiro atoms. The Kier molecular flexibility index (Phi) is 4.82. The molecule has 1 fully saturated rings. The van der Waals surface area contributed by atoms with Crippen LogP contribution in [0.2, 0.25) is 0 Å². The summed E-state index contributed by atoms with van der Waals surface area (Å²) in [6, 6.07) is 4.54. The number of benzene rings is 1. The van der Waals surface area contributed by atoms with E-state index >= 15 is 0 Å². The molecule has 5 heteroatoms. The van der Waals surface area contributed by atoms with E-state index in [0.717, 1.165) is 23.5 Å². The standard InChI is InChI=1S/C14H21NO3S/c1-5-9-8-19-14(15-9)10-6-7-11(16-2)13(18-4)12(10)17-3/h6-7,9,14-15H,5,8H2,1-4H3. The predicted molar refractivity (Wildman–Crippen MR) is 78.5 cm³/mol. The van der Waals surface area contributed by atoms with Gasteiger partial charge in [-0.3, -0.25) is 5.32 Å². The summed E-state index contributed by atoms with van der Waals surface area (Å²) in [4.78, 5) is 0. The molecule has 2 rings (SSSR count). The van der Waals surface area contributed by atoms with E-state index in [2.05, 4.69) is 12.2 Å². The van der Waals surface area contributed by atoms with Gasteiger partial charge in [0.15, 0.2) is 11.5 Å². The minimum atomic E-state index is 0.250. The van der Waals surface area contributed by atoms with Crippen molar-refractivity contribution in [1.29, 1.82) is 0 Å². The Hall–Kier alpha value is -1.07. The fourth-order valence-corrected chi connectivity index (χ4v) is 3.68. The lowest BCUT2D eigenvalue weighted by atomic mass is 10.1. The molecule has 106 valence electrons. The van der Waals surface area contributed by atoms with Crippen LogP contribution in [0.3, 0.4) is 0 Å². The first kappa shape index (κ1) is 14.3. The molecule has 0 amide bonds. The van der Waals surface area contributed by atoms with Crippen molar-refractivity contribution in [2.75, 3.05) is 27.1 Å². The van der Waals surface area contributed by atoms with Crippen LogP contribution in [0, 0.1) is 0 Å². The zero-order chi connectivity index (χ0) is 13.8. The van der Waals surface area contributed by atoms with Gasteiger partial charge in [0.2, 0.25) is 5.75 Å². The van der Waals surface area contributed by atoms with E-state index in [1.54, 1.807) is 21.3 Å². The van der Waals surface area contributed by atoms with Gasteiger partial charge in [-0.25, -0.2) is 0 Å². The fourth-order valence-electron chi connectivity index (χ4n) is 2.27. The van der Waals surface area contributed by atoms with E-state index < -0.39 is 0 Å². The van der Waals surface area contributed by atoms with Crippen molar-refractivity contribution < 1.29 is 14.2 Å². The zero-order valence-electron chi connectivity index (χ0n) is 11.9. The maximum atomic E-state index is 5.53. The SMILES string of the molecule is CCC1CSC(c2ccc(OC)c(OC)c2OC)N1. The molecule has 1 saturated heterocycles. The van der Waals surface area contributed by atoms with E-state index in [-0.39, 0.29) is 5.37 Å². The average Bonchev–Trinajstić information content (AvgIpc) is 2.94. The molecule has 0 radical (unpaired) electrons. The van der Waals surface area contributed by atoms with Gasteiger partial charge in [0, 0.05) is 17.4 Å². The highest BCUT2D eigenvalue weighted by Crippen LogP contribution is 2.46. The minimum Gasteiger partial charge on any atom is -0.493 e. The first-order chi connectivity index (χ1) is 9.24. The lowest BCUT2D eigenvalue weighted by Crippen LogP contribution is -2.24. The Labute approximate surface area is 118 Å². The molecule has 2 unspecified atom stereocenters. The fraction of sp³-hybridized carbons (Fsp3) is 0.571. The van der Waals surface area contributed by atoms with Gasteiger partial charge in [0.1, 0.15) is 0 Å². The number of hydrogen-bond acceptors (Lipinski definition) is 5. The maximum Gasteiger partial charge on any atom is 0.203 e. The highest BCUT2D eigenvalue weighted by atomic mass is 32.2. The number of thioether (sulfide) groups is 1. The summed E-state index contributed by atoms with van der Waals surface area (Å²) in [6.07, 6.45) is 1.14. The quantitative estimate of drug-likeness (QED) is 0.899. The van der Waals surface area contributed by atoms with Gasteiger partial charge in [-0.2, -0.15) is 0 Å². The highest BCUT2D eigenvalue weighted by Gasteiger charge is 2.28. The topological polar surface area (TPSA) is 39.7 Å². The smallest absolute Gasteiger partial charge is 0.203 e. The highest BCUT2D eigenvalue weighted by molar-refractivity contribution is 7.99. The molecule has 1 N–H and O–H groups in total. The lowest BCUT2D eigenvalue weighted by molar-refractivity contribution is 0.321. The van der Waals surface area contributed by atoms with Gasteiger partial charge in [-0.05, 0) is 18.6 Å². The first-order valence-corrected chi connectivity index (χ1v) is 7.46. The van der Waals surface area contributed by atoms with Gasteiger partial charge >= 0.3 is 0 Å². The van der Waals surface area contributed by atoms with Crippen LogP contribution in [0.4, 0.5) is 0 Å². The molecule has 19 heavy (non-hydrogen) atoms. The molecule has 0 saturated carbocycles. The minimum absolute atomic E-state index is 0.250. The molecule has 0 aromatic heterocycles. The molecule has 1 aromatic carbocycles. The van der Waals surface area contributed by atoms with Gasteiger partial charge in [0.25, 0.3) is 0 Å². The largest absolute Gasteiger partial charge is 0.493 e. The third-order valence-corrected chi connectivity index (χ3v) is 4.68. The van der Waals surface area contributed by atoms with E-state index in [1.807, 2.05) is 23.9 Å². The Morgan fingerprint density at radius 3 is 2.42 bits per heavy atom. The second kappa shape index (κ2) is 6.39. The van der Waals surface area contributed by atoms with Crippen LogP contribution in [0.1, 0.15) is 24.3 Å². The molecule has 1 aliphatic rings. The molecule has 2 atom stereocenters. The lowest BCUT2D eigenvalue weighted by Gasteiger charge is -2.19. The van der Waals surface area contributed by atoms with Crippen LogP contribution < -0.4 is 19.5 Å². The molecular weight excluding hydrogens is 262 g/mol. The Morgan fingerprint density at radius 1 is 1.16 bits per heavy atom. The molecule has 1 aromatic rings. The van der Waals surface area contributed by atoms with Crippen LogP contribution >= 0.6 is 11.8 Å². The summed E-state index contributed by atoms with van der Waals surface area (Å²) in [5.74, 6) is 3.23. The van der Waals surface area contributed by atoms with Gasteiger partial charge < -0.3 is 14.2 Å². The second-order valence-corrected chi connectivity index (χ2v) is 5.55. The van der Waals surface area contributed by atoms with Crippen molar-refractivity contribution >= 4 is 11.8 Å². The average molecular weight is 283 g/mol. The molecular formula is C14H21NO3S. The summed E-state index contributed by atoms with van der Waals surface area (Å²) < 4.78 is 16.3. The zero-order valence-corrected chi connectivity index (χ0v) is 12.7. The first-order valence-electron chi connectivity index (χ1n) is 6.41. The van der Waals surface area contributed by atoms with E-state index in [9.17, 15) is 0 Å². The van der Waals surface area contributed by atoms with E-state index in [0.29, 0.717) is 17.5 Å². The van der Waals surface area contributed by atoms with Gasteiger partial charge in [0.05, 0.1) is 26.7 Å². The van der Waals surface area contributed by atoms with Crippen molar-refractivity contribution in [2.24, 2.45) is 0 Å². The molecule has 0 bridgehead atoms. The summed E-state index contributed by atoms with van der Waals surface area (Å²) >= 11 is 1.90. The van der Waals surface area contributed by atoms with Crippen molar-refractivity contribution in [3.8, 4) is 17.2 Å². The van der Waals surface area contributed by atoms with Gasteiger partial charge in [-0.15, -0.1) is 11.8 Å². The number of hydrogen-bond donors (Lipinski definition) is 1. The monoisotopic (exact) mass is 283 g/mol. The van der Waals surface area contributed by atoms with Crippen LogP contribution in [-0.4, -0.2) is 33.1 Å². The van der Waals surface area contributed by atoms with E-state index in [1.165, 1.54) is 0 Å². The summed E-state index contributed by atoms with van der Waals surface area (Å²) in [6.45, 7) is 2.20. The Bertz CT molecular complexity index is 439. The molecule has 4 nitrogen and oxygen atoms in total. The number of ether oxygens (including phenoxy) is 3. The third-order valence-electron chi connectivity index (χ3n) is 3.36. The van der Waals surface area contributed by atoms with Crippen molar-refractivity contribution in [1.82, 2.24) is 5.32 Å².